The van der Waals surface area contributed by atoms with Crippen LogP contribution in [-0.2, 0) is 0 Å². The monoisotopic (exact) mass is 209 g/mol. The minimum atomic E-state index is -0.514. The van der Waals surface area contributed by atoms with Crippen LogP contribution in [0.1, 0.15) is 51.9 Å². The van der Waals surface area contributed by atoms with Gasteiger partial charge in [-0.3, -0.25) is 10.1 Å². The van der Waals surface area contributed by atoms with Crippen molar-refractivity contribution in [2.45, 2.75) is 57.4 Å². The molecule has 0 heterocycles. The topological polar surface area (TPSA) is 43.1 Å². The molecule has 4 bridgehead atoms. The van der Waals surface area contributed by atoms with E-state index in [1.165, 1.54) is 19.3 Å². The van der Waals surface area contributed by atoms with Gasteiger partial charge in [0.2, 0.25) is 5.54 Å². The molecule has 4 rings (SSSR count). The summed E-state index contributed by atoms with van der Waals surface area (Å²) in [6.45, 7) is 2.22. The highest BCUT2D eigenvalue weighted by Gasteiger charge is 2.63. The molecule has 0 radical (unpaired) electrons. The summed E-state index contributed by atoms with van der Waals surface area (Å²) in [4.78, 5) is 11.4. The van der Waals surface area contributed by atoms with Crippen molar-refractivity contribution in [1.29, 1.82) is 0 Å². The Morgan fingerprint density at radius 2 is 1.87 bits per heavy atom. The molecular formula is C12H19NO2. The van der Waals surface area contributed by atoms with E-state index in [0.717, 1.165) is 25.7 Å². The van der Waals surface area contributed by atoms with Crippen molar-refractivity contribution in [3.8, 4) is 0 Å². The number of nitrogens with zero attached hydrogens (tertiary/aromatic N) is 1. The zero-order valence-electron chi connectivity index (χ0n) is 9.37. The van der Waals surface area contributed by atoms with E-state index in [9.17, 15) is 10.1 Å². The molecule has 0 aromatic rings. The second-order valence-corrected chi connectivity index (χ2v) is 6.30. The van der Waals surface area contributed by atoms with E-state index in [1.54, 1.807) is 0 Å². The number of nitro groups is 1. The molecule has 4 aliphatic rings. The molecule has 0 aliphatic heterocycles. The van der Waals surface area contributed by atoms with Gasteiger partial charge in [-0.1, -0.05) is 13.3 Å². The molecule has 2 unspecified atom stereocenters. The van der Waals surface area contributed by atoms with E-state index in [0.29, 0.717) is 17.3 Å². The second kappa shape index (κ2) is 2.74. The van der Waals surface area contributed by atoms with Crippen LogP contribution in [0.4, 0.5) is 0 Å². The minimum absolute atomic E-state index is 0.0644. The van der Waals surface area contributed by atoms with Crippen molar-refractivity contribution in [3.05, 3.63) is 10.1 Å². The highest BCUT2D eigenvalue weighted by atomic mass is 16.6. The smallest absolute Gasteiger partial charge is 0.223 e. The van der Waals surface area contributed by atoms with E-state index < -0.39 is 5.54 Å². The van der Waals surface area contributed by atoms with Gasteiger partial charge in [0, 0.05) is 24.2 Å². The average molecular weight is 209 g/mol. The van der Waals surface area contributed by atoms with Gasteiger partial charge in [0.25, 0.3) is 0 Å². The van der Waals surface area contributed by atoms with Crippen molar-refractivity contribution < 1.29 is 4.92 Å². The maximum atomic E-state index is 11.3. The van der Waals surface area contributed by atoms with Crippen molar-refractivity contribution in [3.63, 3.8) is 0 Å². The predicted octanol–water partition coefficient (Wildman–Crippen LogP) is 3.01. The Bertz CT molecular complexity index is 299. The Labute approximate surface area is 90.4 Å². The maximum Gasteiger partial charge on any atom is 0.223 e. The third kappa shape index (κ3) is 1.18. The first-order valence-corrected chi connectivity index (χ1v) is 6.22. The molecule has 4 saturated carbocycles. The average Bonchev–Trinajstić information content (AvgIpc) is 2.15. The van der Waals surface area contributed by atoms with Gasteiger partial charge in [-0.05, 0) is 36.5 Å². The van der Waals surface area contributed by atoms with Gasteiger partial charge in [-0.25, -0.2) is 0 Å². The summed E-state index contributed by atoms with van der Waals surface area (Å²) in [5, 5.41) is 11.3. The van der Waals surface area contributed by atoms with Gasteiger partial charge < -0.3 is 0 Å². The molecule has 2 atom stereocenters. The third-order valence-electron chi connectivity index (χ3n) is 5.29. The minimum Gasteiger partial charge on any atom is -0.264 e. The quantitative estimate of drug-likeness (QED) is 0.518. The van der Waals surface area contributed by atoms with E-state index >= 15 is 0 Å². The standard InChI is InChI=1S/C12H19NO2/c1-2-11-4-9-3-10(5-11)7-12(6-9,8-11)13(14)15/h9-10H,2-8H2,1H3. The predicted molar refractivity (Wildman–Crippen MR) is 57.1 cm³/mol. The first-order valence-electron chi connectivity index (χ1n) is 6.22. The molecular weight excluding hydrogens is 190 g/mol. The van der Waals surface area contributed by atoms with Crippen LogP contribution < -0.4 is 0 Å². The summed E-state index contributed by atoms with van der Waals surface area (Å²) in [7, 11) is 0. The van der Waals surface area contributed by atoms with E-state index in [1.807, 2.05) is 0 Å². The molecule has 3 nitrogen and oxygen atoms in total. The summed E-state index contributed by atoms with van der Waals surface area (Å²) in [5.74, 6) is 1.33. The fraction of sp³-hybridized carbons (Fsp3) is 1.00. The van der Waals surface area contributed by atoms with E-state index in [-0.39, 0.29) is 4.92 Å². The van der Waals surface area contributed by atoms with Crippen LogP contribution in [0.2, 0.25) is 0 Å². The normalized spacial score (nSPS) is 52.1. The molecule has 4 aliphatic carbocycles. The van der Waals surface area contributed by atoms with Crippen LogP contribution in [0.15, 0.2) is 0 Å². The lowest BCUT2D eigenvalue weighted by molar-refractivity contribution is -0.592. The summed E-state index contributed by atoms with van der Waals surface area (Å²) in [6.07, 6.45) is 7.59. The van der Waals surface area contributed by atoms with Crippen LogP contribution in [0.25, 0.3) is 0 Å². The number of hydrogen-bond acceptors (Lipinski definition) is 2. The molecule has 3 heteroatoms. The second-order valence-electron chi connectivity index (χ2n) is 6.30. The first kappa shape index (κ1) is 9.61. The number of hydrogen-bond donors (Lipinski definition) is 0. The fourth-order valence-corrected chi connectivity index (χ4v) is 5.03. The summed E-state index contributed by atoms with van der Waals surface area (Å²) < 4.78 is 0. The molecule has 0 N–H and O–H groups in total. The lowest BCUT2D eigenvalue weighted by atomic mass is 9.46. The maximum absolute atomic E-state index is 11.3. The number of rotatable bonds is 2. The van der Waals surface area contributed by atoms with Crippen molar-refractivity contribution in [2.75, 3.05) is 0 Å². The highest BCUT2D eigenvalue weighted by Crippen LogP contribution is 2.63. The highest BCUT2D eigenvalue weighted by molar-refractivity contribution is 5.08. The SMILES string of the molecule is CCC12CC3CC(C1)CC([N+](=O)[O-])(C3)C2. The van der Waals surface area contributed by atoms with Crippen LogP contribution in [0, 0.1) is 27.4 Å². The molecule has 4 fully saturated rings. The molecule has 15 heavy (non-hydrogen) atoms. The van der Waals surface area contributed by atoms with Crippen LogP contribution in [0.5, 0.6) is 0 Å². The summed E-state index contributed by atoms with van der Waals surface area (Å²) in [6, 6.07) is 0. The molecule has 0 spiro atoms. The van der Waals surface area contributed by atoms with E-state index in [2.05, 4.69) is 6.92 Å². The Morgan fingerprint density at radius 1 is 1.27 bits per heavy atom. The molecule has 0 amide bonds. The van der Waals surface area contributed by atoms with Crippen LogP contribution in [0.3, 0.4) is 0 Å². The Balaban J connectivity index is 1.99. The lowest BCUT2D eigenvalue weighted by Crippen LogP contribution is -2.58. The van der Waals surface area contributed by atoms with Crippen molar-refractivity contribution in [2.24, 2.45) is 17.3 Å². The van der Waals surface area contributed by atoms with Gasteiger partial charge in [0.15, 0.2) is 0 Å². The Kier molecular flexibility index (Phi) is 1.76. The fourth-order valence-electron chi connectivity index (χ4n) is 5.03. The molecule has 0 aromatic carbocycles. The molecule has 0 aromatic heterocycles. The molecule has 0 saturated heterocycles. The summed E-state index contributed by atoms with van der Waals surface area (Å²) in [5.41, 5.74) is -0.169. The van der Waals surface area contributed by atoms with Gasteiger partial charge in [0.1, 0.15) is 0 Å². The van der Waals surface area contributed by atoms with Gasteiger partial charge >= 0.3 is 0 Å². The van der Waals surface area contributed by atoms with Crippen LogP contribution in [-0.4, -0.2) is 10.5 Å². The zero-order chi connectivity index (χ0) is 10.7. The van der Waals surface area contributed by atoms with Gasteiger partial charge in [-0.2, -0.15) is 0 Å². The first-order chi connectivity index (χ1) is 7.07. The van der Waals surface area contributed by atoms with Crippen molar-refractivity contribution in [1.82, 2.24) is 0 Å². The lowest BCUT2D eigenvalue weighted by Gasteiger charge is -2.57. The zero-order valence-corrected chi connectivity index (χ0v) is 9.37. The van der Waals surface area contributed by atoms with Crippen LogP contribution >= 0.6 is 0 Å². The Morgan fingerprint density at radius 3 is 2.33 bits per heavy atom. The van der Waals surface area contributed by atoms with Crippen molar-refractivity contribution >= 4 is 0 Å². The largest absolute Gasteiger partial charge is 0.264 e. The Hall–Kier alpha value is -0.600. The third-order valence-corrected chi connectivity index (χ3v) is 5.29. The molecule has 84 valence electrons. The van der Waals surface area contributed by atoms with Gasteiger partial charge in [0.05, 0.1) is 0 Å². The van der Waals surface area contributed by atoms with Gasteiger partial charge in [-0.15, -0.1) is 0 Å². The van der Waals surface area contributed by atoms with E-state index in [4.69, 9.17) is 0 Å². The summed E-state index contributed by atoms with van der Waals surface area (Å²) >= 11 is 0.